The average Bonchev–Trinajstić information content (AvgIpc) is 2.20. The number of aromatic carboxylic acids is 2. The number of rotatable bonds is 2. The zero-order chi connectivity index (χ0) is 11.1. The third kappa shape index (κ3) is 4.06. The second kappa shape index (κ2) is 7.29. The Hall–Kier alpha value is -2.13. The van der Waals surface area contributed by atoms with Crippen LogP contribution in [0.4, 0.5) is 0 Å². The van der Waals surface area contributed by atoms with E-state index < -0.39 is 11.9 Å². The molecule has 0 saturated heterocycles. The van der Waals surface area contributed by atoms with Gasteiger partial charge in [0.2, 0.25) is 0 Å². The molecule has 1 aromatic rings. The molecule has 6 nitrogen and oxygen atoms in total. The molecule has 15 heavy (non-hydrogen) atoms. The van der Waals surface area contributed by atoms with Crippen LogP contribution in [0.25, 0.3) is 0 Å². The molecule has 0 aliphatic carbocycles. The van der Waals surface area contributed by atoms with Gasteiger partial charge in [-0.1, -0.05) is 12.1 Å². The van der Waals surface area contributed by atoms with Crippen molar-refractivity contribution in [3.63, 3.8) is 0 Å². The Morgan fingerprint density at radius 3 is 1.40 bits per heavy atom. The van der Waals surface area contributed by atoms with Crippen molar-refractivity contribution in [2.75, 3.05) is 0 Å². The van der Waals surface area contributed by atoms with Gasteiger partial charge in [0.05, 0.1) is 11.1 Å². The van der Waals surface area contributed by atoms with Crippen LogP contribution in [-0.2, 0) is 0 Å². The predicted octanol–water partition coefficient (Wildman–Crippen LogP) is 1.53. The Morgan fingerprint density at radius 2 is 1.20 bits per heavy atom. The highest BCUT2D eigenvalue weighted by molar-refractivity contribution is 6.01. The molecule has 0 aliphatic rings. The van der Waals surface area contributed by atoms with Gasteiger partial charge in [-0.25, -0.2) is 9.59 Å². The Morgan fingerprint density at radius 1 is 0.933 bits per heavy atom. The number of hydrogen-bond donors (Lipinski definition) is 2. The molecule has 2 N–H and O–H groups in total. The standard InChI is InChI=1S/C8H6O4.ClH.N2/c9-7(10)5-3-1-2-4-6(5)8(11)12;;1-2/h1-4H,(H,9,10)(H,11,12);1H;. The van der Waals surface area contributed by atoms with Gasteiger partial charge in [0.1, 0.15) is 0 Å². The summed E-state index contributed by atoms with van der Waals surface area (Å²) in [6, 6.07) is 5.48. The smallest absolute Gasteiger partial charge is 0.336 e. The minimum Gasteiger partial charge on any atom is -0.478 e. The quantitative estimate of drug-likeness (QED) is 0.743. The number of benzene rings is 1. The van der Waals surface area contributed by atoms with Crippen molar-refractivity contribution >= 4 is 24.3 Å². The van der Waals surface area contributed by atoms with E-state index in [1.165, 1.54) is 24.3 Å². The minimum atomic E-state index is -1.23. The van der Waals surface area contributed by atoms with Crippen LogP contribution in [0.1, 0.15) is 20.7 Å². The summed E-state index contributed by atoms with van der Waals surface area (Å²) in [5.41, 5.74) is -0.380. The van der Waals surface area contributed by atoms with Gasteiger partial charge in [-0.05, 0) is 12.1 Å². The number of carbonyl (C=O) groups is 2. The molecule has 80 valence electrons. The molecule has 1 rings (SSSR count). The van der Waals surface area contributed by atoms with E-state index in [1.54, 1.807) is 0 Å². The van der Waals surface area contributed by atoms with Gasteiger partial charge >= 0.3 is 11.9 Å². The molecule has 0 aliphatic heterocycles. The summed E-state index contributed by atoms with van der Waals surface area (Å²) in [5.74, 6) is -2.46. The maximum atomic E-state index is 10.5. The Labute approximate surface area is 91.0 Å². The molecule has 0 heterocycles. The van der Waals surface area contributed by atoms with Crippen molar-refractivity contribution in [1.29, 1.82) is 10.8 Å². The summed E-state index contributed by atoms with van der Waals surface area (Å²) in [6.07, 6.45) is 0. The van der Waals surface area contributed by atoms with Crippen molar-refractivity contribution in [1.82, 2.24) is 0 Å². The molecule has 0 atom stereocenters. The molecule has 0 amide bonds. The molecule has 0 bridgehead atoms. The summed E-state index contributed by atoms with van der Waals surface area (Å²) < 4.78 is 0. The molecule has 0 saturated carbocycles. The molecule has 0 fully saturated rings. The third-order valence-corrected chi connectivity index (χ3v) is 1.39. The van der Waals surface area contributed by atoms with Crippen LogP contribution in [0.2, 0.25) is 0 Å². The number of halogens is 1. The van der Waals surface area contributed by atoms with Crippen molar-refractivity contribution in [3.05, 3.63) is 35.4 Å². The van der Waals surface area contributed by atoms with E-state index in [-0.39, 0.29) is 23.5 Å². The zero-order valence-corrected chi connectivity index (χ0v) is 8.14. The van der Waals surface area contributed by atoms with Crippen LogP contribution >= 0.6 is 12.4 Å². The highest BCUT2D eigenvalue weighted by Gasteiger charge is 2.13. The van der Waals surface area contributed by atoms with E-state index in [1.807, 2.05) is 0 Å². The Bertz CT molecular complexity index is 345. The SMILES string of the molecule is Cl.N#N.O=C(O)c1ccccc1C(=O)O. The van der Waals surface area contributed by atoms with E-state index in [9.17, 15) is 9.59 Å². The first-order valence-electron chi connectivity index (χ1n) is 3.38. The monoisotopic (exact) mass is 230 g/mol. The van der Waals surface area contributed by atoms with Crippen LogP contribution in [0, 0.1) is 10.8 Å². The fourth-order valence-corrected chi connectivity index (χ4v) is 0.856. The number of carboxylic acid groups (broad SMARTS) is 2. The summed E-state index contributed by atoms with van der Waals surface area (Å²) in [7, 11) is 0. The number of hydrogen-bond acceptors (Lipinski definition) is 4. The highest BCUT2D eigenvalue weighted by Crippen LogP contribution is 2.07. The second-order valence-corrected chi connectivity index (χ2v) is 2.16. The zero-order valence-electron chi connectivity index (χ0n) is 7.32. The van der Waals surface area contributed by atoms with Crippen molar-refractivity contribution in [2.45, 2.75) is 0 Å². The third-order valence-electron chi connectivity index (χ3n) is 1.39. The van der Waals surface area contributed by atoms with E-state index in [0.29, 0.717) is 0 Å². The van der Waals surface area contributed by atoms with Crippen LogP contribution in [0.3, 0.4) is 0 Å². The fourth-order valence-electron chi connectivity index (χ4n) is 0.856. The van der Waals surface area contributed by atoms with E-state index >= 15 is 0 Å². The van der Waals surface area contributed by atoms with E-state index in [2.05, 4.69) is 0 Å². The number of carboxylic acids is 2. The Balaban J connectivity index is 0. The second-order valence-electron chi connectivity index (χ2n) is 2.16. The normalized spacial score (nSPS) is 7.60. The average molecular weight is 231 g/mol. The first-order chi connectivity index (χ1) is 6.63. The Kier molecular flexibility index (Phi) is 7.46. The summed E-state index contributed by atoms with van der Waals surface area (Å²) in [6.45, 7) is 0. The molecule has 0 radical (unpaired) electrons. The molecule has 7 heteroatoms. The largest absolute Gasteiger partial charge is 0.478 e. The van der Waals surface area contributed by atoms with Crippen LogP contribution in [0.15, 0.2) is 24.3 Å². The first kappa shape index (κ1) is 15.3. The van der Waals surface area contributed by atoms with Gasteiger partial charge < -0.3 is 10.2 Å². The van der Waals surface area contributed by atoms with Gasteiger partial charge in [0.25, 0.3) is 0 Å². The number of nitrogens with zero attached hydrogens (tertiary/aromatic N) is 2. The van der Waals surface area contributed by atoms with Gasteiger partial charge in [-0.3, -0.25) is 0 Å². The maximum absolute atomic E-state index is 10.5. The summed E-state index contributed by atoms with van der Waals surface area (Å²) in [4.78, 5) is 20.9. The molecule has 0 aromatic heterocycles. The summed E-state index contributed by atoms with van der Waals surface area (Å²) >= 11 is 0. The van der Waals surface area contributed by atoms with Crippen molar-refractivity contribution in [3.8, 4) is 0 Å². The first-order valence-corrected chi connectivity index (χ1v) is 3.38. The van der Waals surface area contributed by atoms with E-state index in [4.69, 9.17) is 21.0 Å². The van der Waals surface area contributed by atoms with Gasteiger partial charge in [-0.2, -0.15) is 0 Å². The lowest BCUT2D eigenvalue weighted by molar-refractivity contribution is 0.0651. The predicted molar refractivity (Wildman–Crippen MR) is 51.1 cm³/mol. The van der Waals surface area contributed by atoms with Gasteiger partial charge in [0, 0.05) is 10.8 Å². The lowest BCUT2D eigenvalue weighted by Gasteiger charge is -1.98. The van der Waals surface area contributed by atoms with Crippen LogP contribution < -0.4 is 0 Å². The van der Waals surface area contributed by atoms with Crippen molar-refractivity contribution in [2.24, 2.45) is 0 Å². The molecular weight excluding hydrogens is 224 g/mol. The van der Waals surface area contributed by atoms with Crippen LogP contribution in [0.5, 0.6) is 0 Å². The van der Waals surface area contributed by atoms with Gasteiger partial charge in [0.15, 0.2) is 0 Å². The van der Waals surface area contributed by atoms with Crippen molar-refractivity contribution < 1.29 is 19.8 Å². The lowest BCUT2D eigenvalue weighted by atomic mass is 10.1. The molecular formula is C8H7ClN2O4. The topological polar surface area (TPSA) is 122 Å². The maximum Gasteiger partial charge on any atom is 0.336 e. The van der Waals surface area contributed by atoms with Crippen LogP contribution in [-0.4, -0.2) is 22.2 Å². The fraction of sp³-hybridized carbons (Fsp3) is 0. The van der Waals surface area contributed by atoms with Gasteiger partial charge in [-0.15, -0.1) is 12.4 Å². The minimum absolute atomic E-state index is 0. The molecule has 0 spiro atoms. The lowest BCUT2D eigenvalue weighted by Crippen LogP contribution is -2.06. The summed E-state index contributed by atoms with van der Waals surface area (Å²) in [5, 5.41) is 29.1. The van der Waals surface area contributed by atoms with E-state index in [0.717, 1.165) is 0 Å². The molecule has 1 aromatic carbocycles. The molecule has 0 unspecified atom stereocenters. The highest BCUT2D eigenvalue weighted by atomic mass is 35.5.